The molecule has 2 aromatic rings. The average molecular weight is 514 g/mol. The maximum absolute atomic E-state index is 12.9. The molecule has 1 N–H and O–H groups in total. The number of ether oxygens (including phenoxy) is 2. The van der Waals surface area contributed by atoms with E-state index in [9.17, 15) is 19.2 Å². The van der Waals surface area contributed by atoms with Crippen LogP contribution in [0.25, 0.3) is 6.08 Å². The summed E-state index contributed by atoms with van der Waals surface area (Å²) in [4.78, 5) is 52.4. The van der Waals surface area contributed by atoms with Crippen LogP contribution >= 0.6 is 15.9 Å². The van der Waals surface area contributed by atoms with Gasteiger partial charge in [-0.2, -0.15) is 0 Å². The number of benzene rings is 2. The van der Waals surface area contributed by atoms with Gasteiger partial charge >= 0.3 is 6.03 Å². The maximum Gasteiger partial charge on any atom is 0.335 e. The zero-order chi connectivity index (χ0) is 23.4. The van der Waals surface area contributed by atoms with E-state index in [4.69, 9.17) is 9.47 Å². The van der Waals surface area contributed by atoms with E-state index in [1.807, 2.05) is 0 Å². The first-order valence-electron chi connectivity index (χ1n) is 10.2. The fraction of sp³-hybridized carbons (Fsp3) is 0.217. The highest BCUT2D eigenvalue weighted by Crippen LogP contribution is 2.28. The number of carbonyl (C=O) groups excluding carboxylic acids is 4. The summed E-state index contributed by atoms with van der Waals surface area (Å²) >= 11 is 3.40. The molecule has 0 aliphatic carbocycles. The van der Waals surface area contributed by atoms with Crippen LogP contribution < -0.4 is 15.0 Å². The Hall–Kier alpha value is -3.50. The van der Waals surface area contributed by atoms with Crippen molar-refractivity contribution in [2.45, 2.75) is 0 Å². The number of hydrogen-bond acceptors (Lipinski definition) is 6. The molecule has 2 heterocycles. The minimum Gasteiger partial charge on any atom is -0.483 e. The lowest BCUT2D eigenvalue weighted by molar-refractivity contribution is -0.137. The topological polar surface area (TPSA) is 105 Å². The Morgan fingerprint density at radius 2 is 1.82 bits per heavy atom. The summed E-state index contributed by atoms with van der Waals surface area (Å²) in [7, 11) is 0. The highest BCUT2D eigenvalue weighted by Gasteiger charge is 2.36. The number of anilines is 1. The van der Waals surface area contributed by atoms with Gasteiger partial charge in [0.15, 0.2) is 6.61 Å². The normalized spacial score (nSPS) is 17.8. The van der Waals surface area contributed by atoms with Gasteiger partial charge in [0.25, 0.3) is 17.7 Å². The molecule has 0 atom stereocenters. The Kier molecular flexibility index (Phi) is 6.85. The number of urea groups is 1. The second-order valence-corrected chi connectivity index (χ2v) is 8.12. The predicted octanol–water partition coefficient (Wildman–Crippen LogP) is 2.35. The van der Waals surface area contributed by atoms with Crippen LogP contribution in [-0.4, -0.2) is 61.6 Å². The lowest BCUT2D eigenvalue weighted by atomic mass is 10.1. The van der Waals surface area contributed by atoms with Gasteiger partial charge in [-0.3, -0.25) is 19.7 Å². The molecular formula is C23H20BrN3O6. The first-order valence-corrected chi connectivity index (χ1v) is 11.0. The molecule has 170 valence electrons. The molecule has 0 bridgehead atoms. The van der Waals surface area contributed by atoms with Crippen molar-refractivity contribution in [1.29, 1.82) is 0 Å². The summed E-state index contributed by atoms with van der Waals surface area (Å²) in [6.07, 6.45) is 1.40. The highest BCUT2D eigenvalue weighted by atomic mass is 79.9. The molecule has 0 spiro atoms. The van der Waals surface area contributed by atoms with Crippen LogP contribution in [-0.2, 0) is 19.1 Å². The van der Waals surface area contributed by atoms with E-state index in [1.165, 1.54) is 6.08 Å². The molecule has 2 aliphatic rings. The number of hydrogen-bond donors (Lipinski definition) is 1. The first-order chi connectivity index (χ1) is 15.9. The molecular weight excluding hydrogens is 494 g/mol. The summed E-state index contributed by atoms with van der Waals surface area (Å²) in [6, 6.07) is 12.5. The minimum absolute atomic E-state index is 0.117. The van der Waals surface area contributed by atoms with Gasteiger partial charge < -0.3 is 14.4 Å². The number of nitrogens with zero attached hydrogens (tertiary/aromatic N) is 2. The average Bonchev–Trinajstić information content (AvgIpc) is 2.82. The summed E-state index contributed by atoms with van der Waals surface area (Å²) in [5, 5.41) is 2.19. The summed E-state index contributed by atoms with van der Waals surface area (Å²) in [5.74, 6) is -1.18. The standard InChI is InChI=1S/C23H20BrN3O6/c24-18-13-15(6-7-19(18)33-14-20(28)26-8-10-32-11-9-26)12-17-21(29)25-23(31)27(22(17)30)16-4-2-1-3-5-16/h1-7,12-13H,8-11,14H2,(H,25,29,31)/b17-12+. The Morgan fingerprint density at radius 1 is 1.09 bits per heavy atom. The lowest BCUT2D eigenvalue weighted by Crippen LogP contribution is -2.54. The van der Waals surface area contributed by atoms with E-state index in [2.05, 4.69) is 21.2 Å². The van der Waals surface area contributed by atoms with Crippen molar-refractivity contribution in [2.24, 2.45) is 0 Å². The number of barbiturate groups is 1. The fourth-order valence-corrected chi connectivity index (χ4v) is 3.91. The Labute approximate surface area is 198 Å². The van der Waals surface area contributed by atoms with Gasteiger partial charge in [0.1, 0.15) is 11.3 Å². The second kappa shape index (κ2) is 9.97. The number of carbonyl (C=O) groups is 4. The number of nitrogens with one attached hydrogen (secondary N) is 1. The van der Waals surface area contributed by atoms with Gasteiger partial charge in [0.2, 0.25) is 0 Å². The smallest absolute Gasteiger partial charge is 0.335 e. The van der Waals surface area contributed by atoms with Gasteiger partial charge in [-0.05, 0) is 51.8 Å². The van der Waals surface area contributed by atoms with Crippen molar-refractivity contribution in [2.75, 3.05) is 37.8 Å². The van der Waals surface area contributed by atoms with Crippen molar-refractivity contribution in [3.8, 4) is 5.75 Å². The third-order valence-electron chi connectivity index (χ3n) is 5.10. The van der Waals surface area contributed by atoms with E-state index in [1.54, 1.807) is 53.4 Å². The van der Waals surface area contributed by atoms with Crippen LogP contribution in [0.4, 0.5) is 10.5 Å². The third kappa shape index (κ3) is 5.12. The Bertz CT molecular complexity index is 1130. The molecule has 33 heavy (non-hydrogen) atoms. The van der Waals surface area contributed by atoms with Crippen molar-refractivity contribution in [3.05, 3.63) is 64.1 Å². The summed E-state index contributed by atoms with van der Waals surface area (Å²) < 4.78 is 11.4. The summed E-state index contributed by atoms with van der Waals surface area (Å²) in [6.45, 7) is 1.98. The van der Waals surface area contributed by atoms with Crippen LogP contribution in [0.2, 0.25) is 0 Å². The largest absolute Gasteiger partial charge is 0.483 e. The van der Waals surface area contributed by atoms with E-state index in [0.29, 0.717) is 47.8 Å². The third-order valence-corrected chi connectivity index (χ3v) is 5.72. The molecule has 5 amide bonds. The van der Waals surface area contributed by atoms with Crippen LogP contribution in [0.3, 0.4) is 0 Å². The number of para-hydroxylation sites is 1. The van der Waals surface area contributed by atoms with Crippen molar-refractivity contribution in [1.82, 2.24) is 10.2 Å². The molecule has 2 fully saturated rings. The molecule has 0 radical (unpaired) electrons. The minimum atomic E-state index is -0.803. The molecule has 2 saturated heterocycles. The van der Waals surface area contributed by atoms with Gasteiger partial charge in [-0.25, -0.2) is 9.69 Å². The van der Waals surface area contributed by atoms with E-state index < -0.39 is 17.8 Å². The number of imide groups is 2. The lowest BCUT2D eigenvalue weighted by Gasteiger charge is -2.26. The molecule has 0 unspecified atom stereocenters. The molecule has 2 aliphatic heterocycles. The quantitative estimate of drug-likeness (QED) is 0.486. The summed E-state index contributed by atoms with van der Waals surface area (Å²) in [5.41, 5.74) is 0.712. The molecule has 9 nitrogen and oxygen atoms in total. The number of amides is 5. The SMILES string of the molecule is O=C1NC(=O)N(c2ccccc2)C(=O)/C1=C/c1ccc(OCC(=O)N2CCOCC2)c(Br)c1. The van der Waals surface area contributed by atoms with Crippen LogP contribution in [0, 0.1) is 0 Å². The van der Waals surface area contributed by atoms with Crippen LogP contribution in [0.15, 0.2) is 58.6 Å². The van der Waals surface area contributed by atoms with Gasteiger partial charge in [0.05, 0.1) is 23.4 Å². The number of halogens is 1. The van der Waals surface area contributed by atoms with Crippen molar-refractivity contribution >= 4 is 51.4 Å². The molecule has 10 heteroatoms. The number of rotatable bonds is 5. The van der Waals surface area contributed by atoms with Gasteiger partial charge in [-0.1, -0.05) is 24.3 Å². The van der Waals surface area contributed by atoms with Crippen molar-refractivity contribution < 1.29 is 28.7 Å². The maximum atomic E-state index is 12.9. The van der Waals surface area contributed by atoms with Crippen LogP contribution in [0.5, 0.6) is 5.75 Å². The second-order valence-electron chi connectivity index (χ2n) is 7.27. The fourth-order valence-electron chi connectivity index (χ4n) is 3.40. The zero-order valence-electron chi connectivity index (χ0n) is 17.5. The Morgan fingerprint density at radius 3 is 2.52 bits per heavy atom. The van der Waals surface area contributed by atoms with Crippen molar-refractivity contribution in [3.63, 3.8) is 0 Å². The zero-order valence-corrected chi connectivity index (χ0v) is 19.0. The predicted molar refractivity (Wildman–Crippen MR) is 122 cm³/mol. The molecule has 0 aromatic heterocycles. The monoisotopic (exact) mass is 513 g/mol. The number of morpholine rings is 1. The Balaban J connectivity index is 1.49. The van der Waals surface area contributed by atoms with E-state index >= 15 is 0 Å². The first kappa shape index (κ1) is 22.7. The highest BCUT2D eigenvalue weighted by molar-refractivity contribution is 9.10. The van der Waals surface area contributed by atoms with E-state index in [-0.39, 0.29) is 18.1 Å². The van der Waals surface area contributed by atoms with Crippen LogP contribution in [0.1, 0.15) is 5.56 Å². The van der Waals surface area contributed by atoms with E-state index in [0.717, 1.165) is 4.90 Å². The molecule has 2 aromatic carbocycles. The van der Waals surface area contributed by atoms with Gasteiger partial charge in [0, 0.05) is 13.1 Å². The molecule has 4 rings (SSSR count). The molecule has 0 saturated carbocycles. The van der Waals surface area contributed by atoms with Gasteiger partial charge in [-0.15, -0.1) is 0 Å².